The van der Waals surface area contributed by atoms with E-state index < -0.39 is 0 Å². The van der Waals surface area contributed by atoms with Crippen molar-refractivity contribution >= 4 is 50.5 Å². The van der Waals surface area contributed by atoms with Gasteiger partial charge in [-0.2, -0.15) is 0 Å². The Labute approximate surface area is 163 Å². The van der Waals surface area contributed by atoms with Crippen LogP contribution in [0.5, 0.6) is 0 Å². The largest absolute Gasteiger partial charge is 0.356 e. The number of thiocarbonyl (C=S) groups is 1. The van der Waals surface area contributed by atoms with Crippen LogP contribution < -0.4 is 10.6 Å². The van der Waals surface area contributed by atoms with Crippen LogP contribution in [0.3, 0.4) is 0 Å². The molecule has 0 saturated heterocycles. The molecule has 0 aliphatic carbocycles. The molecule has 0 spiro atoms. The minimum absolute atomic E-state index is 0.116. The van der Waals surface area contributed by atoms with Gasteiger partial charge in [-0.05, 0) is 69.8 Å². The third kappa shape index (κ3) is 5.20. The molecule has 2 N–H and O–H groups in total. The predicted molar refractivity (Wildman–Crippen MR) is 112 cm³/mol. The monoisotopic (exact) mass is 424 g/mol. The average molecular weight is 426 g/mol. The van der Waals surface area contributed by atoms with E-state index in [0.717, 1.165) is 10.2 Å². The number of hydrogen-bond donors (Lipinski definition) is 2. The Kier molecular flexibility index (Phi) is 6.29. The Hall–Kier alpha value is -1.10. The molecule has 2 aromatic carbocycles. The molecule has 2 nitrogen and oxygen atoms in total. The van der Waals surface area contributed by atoms with E-state index in [4.69, 9.17) is 23.8 Å². The van der Waals surface area contributed by atoms with Crippen molar-refractivity contribution in [2.75, 3.05) is 5.32 Å². The predicted octanol–water partition coefficient (Wildman–Crippen LogP) is 6.45. The normalized spacial score (nSPS) is 12.6. The summed E-state index contributed by atoms with van der Waals surface area (Å²) in [6, 6.07) is 14.4. The second-order valence-corrected chi connectivity index (χ2v) is 8.49. The lowest BCUT2D eigenvalue weighted by Gasteiger charge is -2.21. The highest BCUT2D eigenvalue weighted by atomic mass is 79.9. The fourth-order valence-corrected chi connectivity index (χ4v) is 3.01. The molecule has 0 amide bonds. The summed E-state index contributed by atoms with van der Waals surface area (Å²) in [7, 11) is 0. The number of anilines is 1. The van der Waals surface area contributed by atoms with Crippen molar-refractivity contribution in [3.8, 4) is 0 Å². The van der Waals surface area contributed by atoms with Gasteiger partial charge in [-0.15, -0.1) is 0 Å². The van der Waals surface area contributed by atoms with Gasteiger partial charge >= 0.3 is 0 Å². The molecule has 0 radical (unpaired) electrons. The van der Waals surface area contributed by atoms with Crippen LogP contribution >= 0.6 is 39.7 Å². The highest BCUT2D eigenvalue weighted by Crippen LogP contribution is 2.26. The van der Waals surface area contributed by atoms with Crippen molar-refractivity contribution in [2.24, 2.45) is 0 Å². The van der Waals surface area contributed by atoms with E-state index in [1.807, 2.05) is 18.2 Å². The maximum atomic E-state index is 6.10. The van der Waals surface area contributed by atoms with Gasteiger partial charge in [0, 0.05) is 10.2 Å². The molecule has 0 aromatic heterocycles. The van der Waals surface area contributed by atoms with E-state index in [-0.39, 0.29) is 11.5 Å². The summed E-state index contributed by atoms with van der Waals surface area (Å²) >= 11 is 14.9. The van der Waals surface area contributed by atoms with Crippen LogP contribution in [0, 0.1) is 0 Å². The van der Waals surface area contributed by atoms with Crippen molar-refractivity contribution in [1.29, 1.82) is 0 Å². The second kappa shape index (κ2) is 7.85. The molecular formula is C19H22BrClN2S. The van der Waals surface area contributed by atoms with Crippen LogP contribution in [-0.4, -0.2) is 5.11 Å². The lowest BCUT2D eigenvalue weighted by Crippen LogP contribution is -2.30. The first-order valence-electron chi connectivity index (χ1n) is 7.80. The van der Waals surface area contributed by atoms with Crippen molar-refractivity contribution in [3.63, 3.8) is 0 Å². The van der Waals surface area contributed by atoms with Gasteiger partial charge in [0.05, 0.1) is 11.1 Å². The average Bonchev–Trinajstić information content (AvgIpc) is 2.50. The van der Waals surface area contributed by atoms with Crippen molar-refractivity contribution in [2.45, 2.75) is 39.2 Å². The molecule has 0 saturated carbocycles. The molecule has 5 heteroatoms. The fourth-order valence-electron chi connectivity index (χ4n) is 2.29. The summed E-state index contributed by atoms with van der Waals surface area (Å²) in [6.45, 7) is 8.73. The van der Waals surface area contributed by atoms with Gasteiger partial charge in [-0.1, -0.05) is 56.6 Å². The second-order valence-electron chi connectivity index (χ2n) is 6.82. The first kappa shape index (κ1) is 19.2. The van der Waals surface area contributed by atoms with Gasteiger partial charge < -0.3 is 10.6 Å². The van der Waals surface area contributed by atoms with Crippen molar-refractivity contribution in [1.82, 2.24) is 5.32 Å². The lowest BCUT2D eigenvalue weighted by atomic mass is 9.86. The summed E-state index contributed by atoms with van der Waals surface area (Å²) in [5.41, 5.74) is 3.54. The van der Waals surface area contributed by atoms with Crippen LogP contribution in [0.1, 0.15) is 44.9 Å². The minimum Gasteiger partial charge on any atom is -0.356 e. The third-order valence-electron chi connectivity index (χ3n) is 3.80. The van der Waals surface area contributed by atoms with E-state index in [1.54, 1.807) is 0 Å². The zero-order chi connectivity index (χ0) is 17.9. The molecule has 0 heterocycles. The van der Waals surface area contributed by atoms with Crippen molar-refractivity contribution in [3.05, 3.63) is 63.1 Å². The Morgan fingerprint density at radius 1 is 1.12 bits per heavy atom. The lowest BCUT2D eigenvalue weighted by molar-refractivity contribution is 0.589. The fraction of sp³-hybridized carbons (Fsp3) is 0.316. The van der Waals surface area contributed by atoms with E-state index in [9.17, 15) is 0 Å². The quantitative estimate of drug-likeness (QED) is 0.553. The molecule has 0 aliphatic heterocycles. The summed E-state index contributed by atoms with van der Waals surface area (Å²) in [4.78, 5) is 0. The van der Waals surface area contributed by atoms with Crippen LogP contribution in [0.25, 0.3) is 0 Å². The van der Waals surface area contributed by atoms with Gasteiger partial charge in [-0.25, -0.2) is 0 Å². The van der Waals surface area contributed by atoms with Crippen LogP contribution in [0.4, 0.5) is 5.69 Å². The minimum atomic E-state index is 0.116. The Morgan fingerprint density at radius 3 is 2.29 bits per heavy atom. The maximum absolute atomic E-state index is 6.10. The van der Waals surface area contributed by atoms with E-state index in [0.29, 0.717) is 10.1 Å². The van der Waals surface area contributed by atoms with Gasteiger partial charge in [-0.3, -0.25) is 0 Å². The smallest absolute Gasteiger partial charge is 0.171 e. The molecule has 2 rings (SSSR count). The summed E-state index contributed by atoms with van der Waals surface area (Å²) in [5, 5.41) is 7.68. The molecule has 0 unspecified atom stereocenters. The topological polar surface area (TPSA) is 24.1 Å². The molecule has 24 heavy (non-hydrogen) atoms. The van der Waals surface area contributed by atoms with E-state index in [1.165, 1.54) is 11.1 Å². The summed E-state index contributed by atoms with van der Waals surface area (Å²) < 4.78 is 0.862. The molecule has 128 valence electrons. The van der Waals surface area contributed by atoms with Gasteiger partial charge in [0.25, 0.3) is 0 Å². The van der Waals surface area contributed by atoms with Crippen molar-refractivity contribution < 1.29 is 0 Å². The Bertz CT molecular complexity index is 723. The molecule has 0 aliphatic rings. The molecule has 0 fully saturated rings. The maximum Gasteiger partial charge on any atom is 0.171 e. The molecule has 1 atom stereocenters. The van der Waals surface area contributed by atoms with E-state index >= 15 is 0 Å². The van der Waals surface area contributed by atoms with Crippen LogP contribution in [0.2, 0.25) is 5.02 Å². The SMILES string of the molecule is C[C@H](NC(=S)Nc1ccc(Br)c(Cl)c1)c1ccc(C(C)(C)C)cc1. The number of halogens is 2. The standard InChI is InChI=1S/C19H22BrClN2S/c1-12(13-5-7-14(8-6-13)19(2,3)4)22-18(24)23-15-9-10-16(20)17(21)11-15/h5-12H,1-4H3,(H2,22,23,24)/t12-/m0/s1. The van der Waals surface area contributed by atoms with Crippen LogP contribution in [0.15, 0.2) is 46.9 Å². The Morgan fingerprint density at radius 2 is 1.75 bits per heavy atom. The first-order chi connectivity index (χ1) is 11.2. The zero-order valence-electron chi connectivity index (χ0n) is 14.3. The third-order valence-corrected chi connectivity index (χ3v) is 5.25. The van der Waals surface area contributed by atoms with Crippen LogP contribution in [-0.2, 0) is 5.41 Å². The zero-order valence-corrected chi connectivity index (χ0v) is 17.4. The number of nitrogens with one attached hydrogen (secondary N) is 2. The van der Waals surface area contributed by atoms with E-state index in [2.05, 4.69) is 78.5 Å². The van der Waals surface area contributed by atoms with Gasteiger partial charge in [0.2, 0.25) is 0 Å². The Balaban J connectivity index is 1.99. The number of hydrogen-bond acceptors (Lipinski definition) is 1. The summed E-state index contributed by atoms with van der Waals surface area (Å²) in [6.07, 6.45) is 0. The summed E-state index contributed by atoms with van der Waals surface area (Å²) in [5.74, 6) is 0. The number of benzene rings is 2. The highest BCUT2D eigenvalue weighted by molar-refractivity contribution is 9.10. The van der Waals surface area contributed by atoms with Gasteiger partial charge in [0.15, 0.2) is 5.11 Å². The molecule has 0 bridgehead atoms. The first-order valence-corrected chi connectivity index (χ1v) is 9.38. The van der Waals surface area contributed by atoms with Gasteiger partial charge in [0.1, 0.15) is 0 Å². The molecular weight excluding hydrogens is 404 g/mol. The molecule has 2 aromatic rings. The number of rotatable bonds is 3. The highest BCUT2D eigenvalue weighted by Gasteiger charge is 2.14.